The second kappa shape index (κ2) is 9.31. The van der Waals surface area contributed by atoms with Gasteiger partial charge in [-0.25, -0.2) is 8.42 Å². The molecule has 0 atom stereocenters. The van der Waals surface area contributed by atoms with Crippen LogP contribution in [-0.2, 0) is 14.8 Å². The predicted molar refractivity (Wildman–Crippen MR) is 118 cm³/mol. The van der Waals surface area contributed by atoms with Gasteiger partial charge in [0.2, 0.25) is 0 Å². The Bertz CT molecular complexity index is 1200. The van der Waals surface area contributed by atoms with Crippen LogP contribution in [0.15, 0.2) is 83.8 Å². The normalized spacial score (nSPS) is 10.9. The van der Waals surface area contributed by atoms with Crippen molar-refractivity contribution in [1.82, 2.24) is 0 Å². The molecule has 2 amide bonds. The number of sulfonamides is 1. The number of ether oxygens (including phenoxy) is 1. The first kappa shape index (κ1) is 21.8. The Morgan fingerprint density at radius 3 is 2.35 bits per heavy atom. The number of carbonyl (C=O) groups excluding carboxylic acids is 2. The number of rotatable bonds is 8. The minimum atomic E-state index is -3.82. The Morgan fingerprint density at radius 1 is 0.968 bits per heavy atom. The molecule has 0 aliphatic rings. The van der Waals surface area contributed by atoms with E-state index in [-0.39, 0.29) is 22.8 Å². The molecular weight excluding hydrogens is 418 g/mol. The molecule has 0 aliphatic heterocycles. The van der Waals surface area contributed by atoms with E-state index in [1.165, 1.54) is 37.4 Å². The number of nitrogens with one attached hydrogen (secondary N) is 1. The molecule has 0 spiro atoms. The predicted octanol–water partition coefficient (Wildman–Crippen LogP) is 2.63. The lowest BCUT2D eigenvalue weighted by Gasteiger charge is -2.20. The van der Waals surface area contributed by atoms with Crippen molar-refractivity contribution >= 4 is 33.2 Å². The van der Waals surface area contributed by atoms with Crippen LogP contribution in [0.2, 0.25) is 0 Å². The molecule has 3 aromatic rings. The van der Waals surface area contributed by atoms with E-state index in [4.69, 9.17) is 10.5 Å². The fourth-order valence-electron chi connectivity index (χ4n) is 2.81. The lowest BCUT2D eigenvalue weighted by atomic mass is 10.2. The van der Waals surface area contributed by atoms with Crippen LogP contribution in [0.1, 0.15) is 10.4 Å². The van der Waals surface area contributed by atoms with Crippen LogP contribution in [-0.4, -0.2) is 33.9 Å². The van der Waals surface area contributed by atoms with E-state index in [0.29, 0.717) is 11.4 Å². The fourth-order valence-corrected chi connectivity index (χ4v) is 4.05. The summed E-state index contributed by atoms with van der Waals surface area (Å²) in [6.45, 7) is -0.384. The van der Waals surface area contributed by atoms with Gasteiger partial charge in [0.25, 0.3) is 21.8 Å². The summed E-state index contributed by atoms with van der Waals surface area (Å²) in [5, 5.41) is 2.59. The zero-order valence-corrected chi connectivity index (χ0v) is 17.5. The van der Waals surface area contributed by atoms with Gasteiger partial charge in [0.15, 0.2) is 6.61 Å². The summed E-state index contributed by atoms with van der Waals surface area (Å²) in [5.74, 6) is -1.01. The van der Waals surface area contributed by atoms with Crippen molar-refractivity contribution in [2.45, 2.75) is 4.90 Å². The van der Waals surface area contributed by atoms with Crippen molar-refractivity contribution in [2.75, 3.05) is 23.3 Å². The molecule has 0 saturated heterocycles. The Morgan fingerprint density at radius 2 is 1.65 bits per heavy atom. The molecule has 0 saturated carbocycles. The minimum Gasteiger partial charge on any atom is -0.483 e. The van der Waals surface area contributed by atoms with E-state index in [2.05, 4.69) is 5.32 Å². The highest BCUT2D eigenvalue weighted by Gasteiger charge is 2.21. The Hall–Kier alpha value is -3.85. The van der Waals surface area contributed by atoms with Gasteiger partial charge in [0, 0.05) is 12.7 Å². The van der Waals surface area contributed by atoms with Gasteiger partial charge in [-0.15, -0.1) is 0 Å². The van der Waals surface area contributed by atoms with E-state index >= 15 is 0 Å². The average molecular weight is 439 g/mol. The van der Waals surface area contributed by atoms with Crippen LogP contribution in [0.3, 0.4) is 0 Å². The zero-order valence-electron chi connectivity index (χ0n) is 16.7. The first-order valence-electron chi connectivity index (χ1n) is 9.24. The van der Waals surface area contributed by atoms with Crippen molar-refractivity contribution in [3.8, 4) is 5.75 Å². The summed E-state index contributed by atoms with van der Waals surface area (Å²) in [4.78, 5) is 23.7. The molecule has 160 valence electrons. The van der Waals surface area contributed by atoms with Crippen LogP contribution < -0.4 is 20.1 Å². The summed E-state index contributed by atoms with van der Waals surface area (Å²) >= 11 is 0. The van der Waals surface area contributed by atoms with Crippen molar-refractivity contribution in [2.24, 2.45) is 5.73 Å². The SMILES string of the molecule is CN(c1ccccc1)S(=O)(=O)c1cccc(NC(=O)COc2ccccc2C(N)=O)c1. The van der Waals surface area contributed by atoms with Crippen LogP contribution in [0, 0.1) is 0 Å². The summed E-state index contributed by atoms with van der Waals surface area (Å²) in [5.41, 5.74) is 6.25. The number of hydrogen-bond donors (Lipinski definition) is 2. The van der Waals surface area contributed by atoms with Crippen molar-refractivity contribution in [3.05, 3.63) is 84.4 Å². The number of carbonyl (C=O) groups is 2. The lowest BCUT2D eigenvalue weighted by Crippen LogP contribution is -2.26. The Labute approximate surface area is 180 Å². The van der Waals surface area contributed by atoms with Crippen LogP contribution >= 0.6 is 0 Å². The minimum absolute atomic E-state index is 0.0247. The molecule has 0 radical (unpaired) electrons. The molecule has 0 heterocycles. The van der Waals surface area contributed by atoms with E-state index < -0.39 is 21.8 Å². The van der Waals surface area contributed by atoms with Crippen molar-refractivity contribution in [3.63, 3.8) is 0 Å². The maximum Gasteiger partial charge on any atom is 0.264 e. The summed E-state index contributed by atoms with van der Waals surface area (Å²) in [6, 6.07) is 20.9. The van der Waals surface area contributed by atoms with Crippen molar-refractivity contribution < 1.29 is 22.7 Å². The average Bonchev–Trinajstić information content (AvgIpc) is 2.78. The highest BCUT2D eigenvalue weighted by molar-refractivity contribution is 7.92. The first-order valence-corrected chi connectivity index (χ1v) is 10.7. The highest BCUT2D eigenvalue weighted by Crippen LogP contribution is 2.24. The summed E-state index contributed by atoms with van der Waals surface area (Å²) in [6.07, 6.45) is 0. The van der Waals surface area contributed by atoms with Gasteiger partial charge in [0.05, 0.1) is 16.1 Å². The lowest BCUT2D eigenvalue weighted by molar-refractivity contribution is -0.118. The number of nitrogens with two attached hydrogens (primary N) is 1. The van der Waals surface area contributed by atoms with Gasteiger partial charge in [-0.05, 0) is 42.5 Å². The smallest absolute Gasteiger partial charge is 0.264 e. The Balaban J connectivity index is 1.71. The van der Waals surface area contributed by atoms with Gasteiger partial charge >= 0.3 is 0 Å². The van der Waals surface area contributed by atoms with Gasteiger partial charge in [-0.1, -0.05) is 36.4 Å². The molecule has 8 nitrogen and oxygen atoms in total. The van der Waals surface area contributed by atoms with E-state index in [1.807, 2.05) is 0 Å². The van der Waals surface area contributed by atoms with E-state index in [0.717, 1.165) is 4.31 Å². The number of benzene rings is 3. The molecule has 0 unspecified atom stereocenters. The maximum absolute atomic E-state index is 12.9. The number of hydrogen-bond acceptors (Lipinski definition) is 5. The molecular formula is C22H21N3O5S. The van der Waals surface area contributed by atoms with Crippen LogP contribution in [0.4, 0.5) is 11.4 Å². The third-order valence-corrected chi connectivity index (χ3v) is 6.19. The number of amides is 2. The molecule has 31 heavy (non-hydrogen) atoms. The quantitative estimate of drug-likeness (QED) is 0.559. The molecule has 3 aromatic carbocycles. The number of nitrogens with zero attached hydrogens (tertiary/aromatic N) is 1. The molecule has 0 bridgehead atoms. The van der Waals surface area contributed by atoms with Gasteiger partial charge in [-0.3, -0.25) is 13.9 Å². The molecule has 3 N–H and O–H groups in total. The molecule has 0 aromatic heterocycles. The highest BCUT2D eigenvalue weighted by atomic mass is 32.2. The summed E-state index contributed by atoms with van der Waals surface area (Å²) < 4.78 is 32.4. The second-order valence-corrected chi connectivity index (χ2v) is 8.50. The third kappa shape index (κ3) is 5.20. The number of para-hydroxylation sites is 2. The molecule has 0 fully saturated rings. The topological polar surface area (TPSA) is 119 Å². The van der Waals surface area contributed by atoms with Gasteiger partial charge in [0.1, 0.15) is 5.75 Å². The van der Waals surface area contributed by atoms with Crippen LogP contribution in [0.25, 0.3) is 0 Å². The van der Waals surface area contributed by atoms with E-state index in [1.54, 1.807) is 48.5 Å². The first-order chi connectivity index (χ1) is 14.8. The Kier molecular flexibility index (Phi) is 6.56. The number of primary amides is 1. The van der Waals surface area contributed by atoms with Gasteiger partial charge in [-0.2, -0.15) is 0 Å². The maximum atomic E-state index is 12.9. The number of anilines is 2. The zero-order chi connectivity index (χ0) is 22.4. The largest absolute Gasteiger partial charge is 0.483 e. The van der Waals surface area contributed by atoms with Crippen LogP contribution in [0.5, 0.6) is 5.75 Å². The third-order valence-electron chi connectivity index (χ3n) is 4.41. The second-order valence-electron chi connectivity index (χ2n) is 6.53. The van der Waals surface area contributed by atoms with Crippen molar-refractivity contribution in [1.29, 1.82) is 0 Å². The molecule has 3 rings (SSSR count). The molecule has 9 heteroatoms. The standard InChI is InChI=1S/C22H21N3O5S/c1-25(17-9-3-2-4-10-17)31(28,29)18-11-7-8-16(14-18)24-21(26)15-30-20-13-6-5-12-19(20)22(23)27/h2-14H,15H2,1H3,(H2,23,27)(H,24,26). The van der Waals surface area contributed by atoms with E-state index in [9.17, 15) is 18.0 Å². The monoisotopic (exact) mass is 439 g/mol. The molecule has 0 aliphatic carbocycles. The fraction of sp³-hybridized carbons (Fsp3) is 0.0909. The summed E-state index contributed by atoms with van der Waals surface area (Å²) in [7, 11) is -2.36. The van der Waals surface area contributed by atoms with Gasteiger partial charge < -0.3 is 15.8 Å².